The van der Waals surface area contributed by atoms with Gasteiger partial charge in [0.25, 0.3) is 10.0 Å². The predicted molar refractivity (Wildman–Crippen MR) is 111 cm³/mol. The molecule has 0 unspecified atom stereocenters. The van der Waals surface area contributed by atoms with E-state index in [1.54, 1.807) is 39.3 Å². The van der Waals surface area contributed by atoms with Crippen LogP contribution in [0.2, 0.25) is 0 Å². The maximum atomic E-state index is 12.9. The van der Waals surface area contributed by atoms with Crippen molar-refractivity contribution in [2.45, 2.75) is 65.2 Å². The van der Waals surface area contributed by atoms with Crippen molar-refractivity contribution in [3.63, 3.8) is 0 Å². The van der Waals surface area contributed by atoms with Crippen molar-refractivity contribution in [3.8, 4) is 0 Å². The van der Waals surface area contributed by atoms with E-state index < -0.39 is 22.0 Å². The van der Waals surface area contributed by atoms with Gasteiger partial charge in [0.15, 0.2) is 0 Å². The fourth-order valence-electron chi connectivity index (χ4n) is 2.71. The van der Waals surface area contributed by atoms with Gasteiger partial charge in [-0.25, -0.2) is 18.0 Å². The van der Waals surface area contributed by atoms with E-state index in [-0.39, 0.29) is 33.9 Å². The van der Waals surface area contributed by atoms with Crippen LogP contribution in [0.3, 0.4) is 0 Å². The van der Waals surface area contributed by atoms with Crippen LogP contribution >= 0.6 is 0 Å². The second-order valence-corrected chi connectivity index (χ2v) is 8.87. The van der Waals surface area contributed by atoms with Gasteiger partial charge in [0.1, 0.15) is 4.90 Å². The van der Waals surface area contributed by atoms with Crippen LogP contribution < -0.4 is 4.72 Å². The van der Waals surface area contributed by atoms with Crippen molar-refractivity contribution < 1.29 is 27.5 Å². The minimum absolute atomic E-state index is 0.00539. The van der Waals surface area contributed by atoms with E-state index in [1.807, 2.05) is 6.92 Å². The van der Waals surface area contributed by atoms with Crippen molar-refractivity contribution in [2.24, 2.45) is 0 Å². The van der Waals surface area contributed by atoms with Crippen LogP contribution in [0, 0.1) is 6.92 Å². The number of sulfonamides is 1. The third-order valence-electron chi connectivity index (χ3n) is 3.99. The van der Waals surface area contributed by atoms with Crippen molar-refractivity contribution in [3.05, 3.63) is 41.2 Å². The zero-order valence-electron chi connectivity index (χ0n) is 17.9. The van der Waals surface area contributed by atoms with Gasteiger partial charge < -0.3 is 9.47 Å². The summed E-state index contributed by atoms with van der Waals surface area (Å²) in [4.78, 5) is 24.7. The van der Waals surface area contributed by atoms with Gasteiger partial charge in [-0.2, -0.15) is 5.10 Å². The van der Waals surface area contributed by atoms with Gasteiger partial charge in [0.2, 0.25) is 0 Å². The molecule has 0 aliphatic rings. The van der Waals surface area contributed by atoms with Crippen molar-refractivity contribution >= 4 is 27.6 Å². The SMILES string of the molecule is CCn1ncc(S(=O)(=O)Nc2cc(C(=O)OC(C)C)cc(C(=O)OC(C)C)c2)c1C. The van der Waals surface area contributed by atoms with Crippen molar-refractivity contribution in [2.75, 3.05) is 4.72 Å². The molecule has 9 nitrogen and oxygen atoms in total. The number of aromatic nitrogens is 2. The second-order valence-electron chi connectivity index (χ2n) is 7.22. The summed E-state index contributed by atoms with van der Waals surface area (Å²) < 4.78 is 40.1. The summed E-state index contributed by atoms with van der Waals surface area (Å²) >= 11 is 0. The highest BCUT2D eigenvalue weighted by Crippen LogP contribution is 2.23. The van der Waals surface area contributed by atoms with E-state index in [1.165, 1.54) is 24.4 Å². The molecule has 0 bridgehead atoms. The minimum atomic E-state index is -4.00. The molecule has 2 aromatic rings. The van der Waals surface area contributed by atoms with Gasteiger partial charge >= 0.3 is 11.9 Å². The van der Waals surface area contributed by atoms with Gasteiger partial charge in [-0.1, -0.05) is 0 Å². The predicted octanol–water partition coefficient (Wildman–Crippen LogP) is 3.14. The van der Waals surface area contributed by atoms with E-state index >= 15 is 0 Å². The number of rotatable bonds is 8. The number of ether oxygens (including phenoxy) is 2. The molecule has 10 heteroatoms. The average molecular weight is 438 g/mol. The lowest BCUT2D eigenvalue weighted by atomic mass is 10.1. The molecule has 1 N–H and O–H groups in total. The Morgan fingerprint density at radius 1 is 1.03 bits per heavy atom. The van der Waals surface area contributed by atoms with Gasteiger partial charge in [0, 0.05) is 6.54 Å². The highest BCUT2D eigenvalue weighted by Gasteiger charge is 2.23. The number of hydrogen-bond acceptors (Lipinski definition) is 7. The fourth-order valence-corrected chi connectivity index (χ4v) is 3.93. The standard InChI is InChI=1S/C20H27N3O6S/c1-7-23-14(6)18(11-21-23)30(26,27)22-17-9-15(19(24)28-12(2)3)8-16(10-17)20(25)29-13(4)5/h8-13,22H,7H2,1-6H3. The van der Waals surface area contributed by atoms with E-state index in [2.05, 4.69) is 9.82 Å². The molecule has 0 fully saturated rings. The van der Waals surface area contributed by atoms with E-state index in [0.29, 0.717) is 12.2 Å². The smallest absolute Gasteiger partial charge is 0.338 e. The molecule has 30 heavy (non-hydrogen) atoms. The van der Waals surface area contributed by atoms with E-state index in [4.69, 9.17) is 9.47 Å². The summed E-state index contributed by atoms with van der Waals surface area (Å²) in [5.74, 6) is -1.36. The zero-order valence-corrected chi connectivity index (χ0v) is 18.7. The Morgan fingerprint density at radius 2 is 1.53 bits per heavy atom. The first-order valence-corrected chi connectivity index (χ1v) is 11.0. The first-order chi connectivity index (χ1) is 13.9. The molecule has 0 aliphatic carbocycles. The zero-order chi connectivity index (χ0) is 22.6. The van der Waals surface area contributed by atoms with E-state index in [9.17, 15) is 18.0 Å². The largest absolute Gasteiger partial charge is 0.459 e. The summed E-state index contributed by atoms with van der Waals surface area (Å²) in [6.45, 7) is 10.8. The molecule has 164 valence electrons. The highest BCUT2D eigenvalue weighted by molar-refractivity contribution is 7.92. The van der Waals surface area contributed by atoms with Gasteiger partial charge in [0.05, 0.1) is 40.9 Å². The van der Waals surface area contributed by atoms with Crippen LogP contribution in [0.5, 0.6) is 0 Å². The molecular weight excluding hydrogens is 410 g/mol. The summed E-state index contributed by atoms with van der Waals surface area (Å²) in [6, 6.07) is 3.94. The normalized spacial score (nSPS) is 11.6. The summed E-state index contributed by atoms with van der Waals surface area (Å²) in [5, 5.41) is 4.05. The maximum Gasteiger partial charge on any atom is 0.338 e. The van der Waals surface area contributed by atoms with Crippen molar-refractivity contribution in [1.29, 1.82) is 0 Å². The summed E-state index contributed by atoms with van der Waals surface area (Å²) in [6.07, 6.45) is 0.490. The Labute approximate surface area is 176 Å². The molecule has 1 aromatic carbocycles. The third-order valence-corrected chi connectivity index (χ3v) is 5.47. The number of nitrogens with one attached hydrogen (secondary N) is 1. The molecule has 0 radical (unpaired) electrons. The number of carbonyl (C=O) groups is 2. The fraction of sp³-hybridized carbons (Fsp3) is 0.450. The molecule has 2 rings (SSSR count). The Balaban J connectivity index is 2.47. The Morgan fingerprint density at radius 3 is 1.93 bits per heavy atom. The Kier molecular flexibility index (Phi) is 7.25. The highest BCUT2D eigenvalue weighted by atomic mass is 32.2. The van der Waals surface area contributed by atoms with Gasteiger partial charge in [-0.3, -0.25) is 9.40 Å². The molecule has 0 amide bonds. The maximum absolute atomic E-state index is 12.9. The Hall–Kier alpha value is -2.88. The van der Waals surface area contributed by atoms with Crippen LogP contribution in [0.4, 0.5) is 5.69 Å². The van der Waals surface area contributed by atoms with Gasteiger partial charge in [-0.05, 0) is 59.7 Å². The Bertz CT molecular complexity index is 1000. The lowest BCUT2D eigenvalue weighted by molar-refractivity contribution is 0.0377. The second kappa shape index (κ2) is 9.29. The van der Waals surface area contributed by atoms with Crippen LogP contribution in [0.1, 0.15) is 61.0 Å². The first-order valence-electron chi connectivity index (χ1n) is 9.56. The molecule has 0 spiro atoms. The van der Waals surface area contributed by atoms with Gasteiger partial charge in [-0.15, -0.1) is 0 Å². The number of carbonyl (C=O) groups excluding carboxylic acids is 2. The topological polar surface area (TPSA) is 117 Å². The van der Waals surface area contributed by atoms with Crippen LogP contribution in [0.15, 0.2) is 29.3 Å². The molecule has 0 saturated heterocycles. The van der Waals surface area contributed by atoms with Crippen LogP contribution in [-0.4, -0.2) is 42.3 Å². The number of anilines is 1. The number of aryl methyl sites for hydroxylation is 1. The monoisotopic (exact) mass is 437 g/mol. The molecule has 0 atom stereocenters. The van der Waals surface area contributed by atoms with Crippen LogP contribution in [-0.2, 0) is 26.0 Å². The van der Waals surface area contributed by atoms with E-state index in [0.717, 1.165) is 0 Å². The average Bonchev–Trinajstić information content (AvgIpc) is 3.01. The first kappa shape index (κ1) is 23.4. The molecule has 1 aromatic heterocycles. The number of hydrogen-bond donors (Lipinski definition) is 1. The third kappa shape index (κ3) is 5.59. The number of benzene rings is 1. The molecule has 0 saturated carbocycles. The minimum Gasteiger partial charge on any atom is -0.459 e. The molecular formula is C20H27N3O6S. The summed E-state index contributed by atoms with van der Waals surface area (Å²) in [7, 11) is -4.00. The van der Waals surface area contributed by atoms with Crippen molar-refractivity contribution in [1.82, 2.24) is 9.78 Å². The summed E-state index contributed by atoms with van der Waals surface area (Å²) in [5.41, 5.74) is 0.563. The number of esters is 2. The molecule has 1 heterocycles. The lowest BCUT2D eigenvalue weighted by Gasteiger charge is -2.14. The lowest BCUT2D eigenvalue weighted by Crippen LogP contribution is -2.18. The number of nitrogens with zero attached hydrogens (tertiary/aromatic N) is 2. The van der Waals surface area contributed by atoms with Crippen LogP contribution in [0.25, 0.3) is 0 Å². The quantitative estimate of drug-likeness (QED) is 0.631. The molecule has 0 aliphatic heterocycles.